The third-order valence-electron chi connectivity index (χ3n) is 1.65. The zero-order valence-electron chi connectivity index (χ0n) is 7.88. The van der Waals surface area contributed by atoms with Crippen molar-refractivity contribution in [1.82, 2.24) is 19.7 Å². The summed E-state index contributed by atoms with van der Waals surface area (Å²) in [7, 11) is 1.85. The van der Waals surface area contributed by atoms with E-state index in [2.05, 4.69) is 15.1 Å². The van der Waals surface area contributed by atoms with Gasteiger partial charge in [0, 0.05) is 13.2 Å². The maximum atomic E-state index is 5.71. The van der Waals surface area contributed by atoms with Crippen LogP contribution in [0.1, 0.15) is 0 Å². The standard InChI is InChI=1S/C8H8ClN5S/c1-14-4-5(2-12-14)15-7-6(10)3-11-8(9)13-7/h2-4H,10H2,1H3. The zero-order valence-corrected chi connectivity index (χ0v) is 9.46. The average Bonchev–Trinajstić information content (AvgIpc) is 2.58. The number of nitrogens with zero attached hydrogens (tertiary/aromatic N) is 4. The molecule has 2 heterocycles. The summed E-state index contributed by atoms with van der Waals surface area (Å²) >= 11 is 7.08. The van der Waals surface area contributed by atoms with Gasteiger partial charge in [0.25, 0.3) is 0 Å². The number of hydrogen-bond donors (Lipinski definition) is 1. The summed E-state index contributed by atoms with van der Waals surface area (Å²) in [6.45, 7) is 0. The van der Waals surface area contributed by atoms with Crippen molar-refractivity contribution in [2.75, 3.05) is 5.73 Å². The summed E-state index contributed by atoms with van der Waals surface area (Å²) in [5.74, 6) is 0. The fourth-order valence-electron chi connectivity index (χ4n) is 1.00. The molecule has 2 rings (SSSR count). The van der Waals surface area contributed by atoms with Crippen LogP contribution in [0.4, 0.5) is 5.69 Å². The van der Waals surface area contributed by atoms with E-state index in [0.29, 0.717) is 10.7 Å². The van der Waals surface area contributed by atoms with Gasteiger partial charge in [-0.15, -0.1) is 0 Å². The van der Waals surface area contributed by atoms with Crippen molar-refractivity contribution in [2.45, 2.75) is 9.92 Å². The van der Waals surface area contributed by atoms with E-state index >= 15 is 0 Å². The van der Waals surface area contributed by atoms with Gasteiger partial charge in [0.05, 0.1) is 23.0 Å². The molecule has 0 spiro atoms. The topological polar surface area (TPSA) is 69.6 Å². The molecule has 2 N–H and O–H groups in total. The molecule has 0 saturated heterocycles. The van der Waals surface area contributed by atoms with E-state index in [1.54, 1.807) is 10.9 Å². The number of rotatable bonds is 2. The maximum Gasteiger partial charge on any atom is 0.223 e. The summed E-state index contributed by atoms with van der Waals surface area (Å²) in [6, 6.07) is 0. The number of hydrogen-bond acceptors (Lipinski definition) is 5. The van der Waals surface area contributed by atoms with Gasteiger partial charge in [-0.25, -0.2) is 9.97 Å². The number of halogens is 1. The molecule has 0 aromatic carbocycles. The van der Waals surface area contributed by atoms with E-state index in [0.717, 1.165) is 4.90 Å². The van der Waals surface area contributed by atoms with Crippen molar-refractivity contribution in [3.63, 3.8) is 0 Å². The highest BCUT2D eigenvalue weighted by Gasteiger charge is 2.06. The minimum absolute atomic E-state index is 0.190. The van der Waals surface area contributed by atoms with Crippen LogP contribution in [0.2, 0.25) is 5.28 Å². The molecular formula is C8H8ClN5S. The van der Waals surface area contributed by atoms with Crippen LogP contribution in [0.15, 0.2) is 28.5 Å². The first-order valence-corrected chi connectivity index (χ1v) is 5.29. The second kappa shape index (κ2) is 4.08. The van der Waals surface area contributed by atoms with Crippen molar-refractivity contribution in [3.05, 3.63) is 23.9 Å². The van der Waals surface area contributed by atoms with Gasteiger partial charge in [0.2, 0.25) is 5.28 Å². The second-order valence-corrected chi connectivity index (χ2v) is 4.25. The number of nitrogen functional groups attached to an aromatic ring is 1. The van der Waals surface area contributed by atoms with Gasteiger partial charge in [-0.1, -0.05) is 11.8 Å². The fraction of sp³-hybridized carbons (Fsp3) is 0.125. The van der Waals surface area contributed by atoms with E-state index in [-0.39, 0.29) is 5.28 Å². The normalized spacial score (nSPS) is 10.5. The first kappa shape index (κ1) is 10.3. The summed E-state index contributed by atoms with van der Waals surface area (Å²) in [5, 5.41) is 4.88. The van der Waals surface area contributed by atoms with Gasteiger partial charge in [0.15, 0.2) is 0 Å². The molecule has 0 amide bonds. The number of aryl methyl sites for hydroxylation is 1. The summed E-state index contributed by atoms with van der Waals surface area (Å²) in [6.07, 6.45) is 5.11. The predicted octanol–water partition coefficient (Wildman–Crippen LogP) is 1.60. The monoisotopic (exact) mass is 241 g/mol. The Morgan fingerprint density at radius 2 is 2.27 bits per heavy atom. The highest BCUT2D eigenvalue weighted by Crippen LogP contribution is 2.29. The van der Waals surface area contributed by atoms with Crippen LogP contribution in [0.3, 0.4) is 0 Å². The van der Waals surface area contributed by atoms with Crippen molar-refractivity contribution in [2.24, 2.45) is 7.05 Å². The van der Waals surface area contributed by atoms with Gasteiger partial charge in [-0.3, -0.25) is 4.68 Å². The smallest absolute Gasteiger partial charge is 0.223 e. The number of nitrogens with two attached hydrogens (primary N) is 1. The van der Waals surface area contributed by atoms with E-state index in [1.807, 2.05) is 13.2 Å². The van der Waals surface area contributed by atoms with E-state index in [4.69, 9.17) is 17.3 Å². The molecular weight excluding hydrogens is 234 g/mol. The number of aromatic nitrogens is 4. The molecule has 5 nitrogen and oxygen atoms in total. The lowest BCUT2D eigenvalue weighted by Gasteiger charge is -2.01. The summed E-state index contributed by atoms with van der Waals surface area (Å²) in [5.41, 5.74) is 6.22. The molecule has 78 valence electrons. The van der Waals surface area contributed by atoms with Gasteiger partial charge >= 0.3 is 0 Å². The van der Waals surface area contributed by atoms with Crippen molar-refractivity contribution in [1.29, 1.82) is 0 Å². The molecule has 0 aliphatic rings. The van der Waals surface area contributed by atoms with Crippen LogP contribution in [0.25, 0.3) is 0 Å². The Hall–Kier alpha value is -1.27. The molecule has 0 unspecified atom stereocenters. The average molecular weight is 242 g/mol. The van der Waals surface area contributed by atoms with Crippen molar-refractivity contribution >= 4 is 29.1 Å². The van der Waals surface area contributed by atoms with Crippen LogP contribution in [-0.2, 0) is 7.05 Å². The lowest BCUT2D eigenvalue weighted by molar-refractivity contribution is 0.766. The Bertz CT molecular complexity index is 484. The highest BCUT2D eigenvalue weighted by molar-refractivity contribution is 7.99. The van der Waals surface area contributed by atoms with Crippen LogP contribution < -0.4 is 5.73 Å². The van der Waals surface area contributed by atoms with E-state index in [9.17, 15) is 0 Å². The third-order valence-corrected chi connectivity index (χ3v) is 2.80. The minimum atomic E-state index is 0.190. The first-order chi connectivity index (χ1) is 7.15. The second-order valence-electron chi connectivity index (χ2n) is 2.85. The van der Waals surface area contributed by atoms with Crippen LogP contribution in [-0.4, -0.2) is 19.7 Å². The first-order valence-electron chi connectivity index (χ1n) is 4.09. The molecule has 15 heavy (non-hydrogen) atoms. The van der Waals surface area contributed by atoms with Gasteiger partial charge in [0.1, 0.15) is 5.03 Å². The largest absolute Gasteiger partial charge is 0.395 e. The van der Waals surface area contributed by atoms with E-state index in [1.165, 1.54) is 18.0 Å². The minimum Gasteiger partial charge on any atom is -0.395 e. The molecule has 2 aromatic rings. The molecule has 0 aliphatic heterocycles. The SMILES string of the molecule is Cn1cc(Sc2nc(Cl)ncc2N)cn1. The van der Waals surface area contributed by atoms with Gasteiger partial charge in [-0.05, 0) is 11.6 Å². The highest BCUT2D eigenvalue weighted by atomic mass is 35.5. The fourth-order valence-corrected chi connectivity index (χ4v) is 2.01. The Balaban J connectivity index is 2.27. The molecule has 0 atom stereocenters. The number of anilines is 1. The molecule has 2 aromatic heterocycles. The third kappa shape index (κ3) is 2.40. The van der Waals surface area contributed by atoms with Gasteiger partial charge < -0.3 is 5.73 Å². The zero-order chi connectivity index (χ0) is 10.8. The Kier molecular flexibility index (Phi) is 2.79. The Morgan fingerprint density at radius 1 is 1.47 bits per heavy atom. The Morgan fingerprint density at radius 3 is 2.93 bits per heavy atom. The molecule has 0 aliphatic carbocycles. The van der Waals surface area contributed by atoms with Crippen LogP contribution in [0, 0.1) is 0 Å². The quantitative estimate of drug-likeness (QED) is 0.639. The van der Waals surface area contributed by atoms with Crippen LogP contribution in [0.5, 0.6) is 0 Å². The molecule has 0 bridgehead atoms. The summed E-state index contributed by atoms with van der Waals surface area (Å²) in [4.78, 5) is 8.77. The molecule has 0 fully saturated rings. The van der Waals surface area contributed by atoms with E-state index < -0.39 is 0 Å². The lowest BCUT2D eigenvalue weighted by Crippen LogP contribution is -1.93. The Labute approximate surface area is 95.7 Å². The van der Waals surface area contributed by atoms with Crippen molar-refractivity contribution < 1.29 is 0 Å². The summed E-state index contributed by atoms with van der Waals surface area (Å²) < 4.78 is 1.71. The molecule has 7 heteroatoms. The lowest BCUT2D eigenvalue weighted by atomic mass is 10.6. The van der Waals surface area contributed by atoms with Gasteiger partial charge in [-0.2, -0.15) is 5.10 Å². The van der Waals surface area contributed by atoms with Crippen LogP contribution >= 0.6 is 23.4 Å². The predicted molar refractivity (Wildman–Crippen MR) is 58.8 cm³/mol. The molecule has 0 radical (unpaired) electrons. The van der Waals surface area contributed by atoms with Crippen molar-refractivity contribution in [3.8, 4) is 0 Å². The maximum absolute atomic E-state index is 5.71. The molecule has 0 saturated carbocycles.